The van der Waals surface area contributed by atoms with Crippen molar-refractivity contribution in [2.75, 3.05) is 25.7 Å². The van der Waals surface area contributed by atoms with Crippen molar-refractivity contribution in [1.82, 2.24) is 9.55 Å². The summed E-state index contributed by atoms with van der Waals surface area (Å²) in [4.78, 5) is 42.2. The first-order valence-corrected chi connectivity index (χ1v) is 10.8. The Balaban J connectivity index is 1.67. The normalized spacial score (nSPS) is 15.2. The van der Waals surface area contributed by atoms with E-state index in [1.165, 1.54) is 6.20 Å². The van der Waals surface area contributed by atoms with Gasteiger partial charge >= 0.3 is 11.7 Å². The van der Waals surface area contributed by atoms with Crippen LogP contribution in [0, 0.1) is 10.1 Å². The Morgan fingerprint density at radius 2 is 1.85 bits per heavy atom. The van der Waals surface area contributed by atoms with E-state index in [0.29, 0.717) is 31.0 Å². The van der Waals surface area contributed by atoms with Crippen molar-refractivity contribution >= 4 is 28.5 Å². The largest absolute Gasteiger partial charge is 0.493 e. The van der Waals surface area contributed by atoms with E-state index in [4.69, 9.17) is 9.47 Å². The molecule has 2 aromatic heterocycles. The van der Waals surface area contributed by atoms with Crippen molar-refractivity contribution in [3.63, 3.8) is 0 Å². The van der Waals surface area contributed by atoms with Crippen LogP contribution >= 0.6 is 0 Å². The number of hydrogen-bond acceptors (Lipinski definition) is 8. The van der Waals surface area contributed by atoms with Gasteiger partial charge < -0.3 is 24.0 Å². The summed E-state index contributed by atoms with van der Waals surface area (Å²) in [7, 11) is 3.11. The van der Waals surface area contributed by atoms with E-state index in [-0.39, 0.29) is 28.6 Å². The van der Waals surface area contributed by atoms with Crippen LogP contribution in [0.5, 0.6) is 11.5 Å². The number of ether oxygens (including phenoxy) is 2. The standard InChI is InChI=1S/C23H22N4O7/c1-33-18-7-12-5-6-25(10-13(12)8-19(18)34-2)22-17(27(31)32)9-15-20(28)16(23(29)30)11-26(14-3-4-14)21(15)24-22/h7-9,11,14H,3-6,10H2,1-2H3,(H,29,30). The topological polar surface area (TPSA) is 137 Å². The second kappa shape index (κ2) is 8.01. The van der Waals surface area contributed by atoms with Crippen LogP contribution in [-0.4, -0.2) is 46.3 Å². The second-order valence-electron chi connectivity index (χ2n) is 8.42. The molecule has 11 heteroatoms. The van der Waals surface area contributed by atoms with Crippen molar-refractivity contribution in [3.8, 4) is 11.5 Å². The van der Waals surface area contributed by atoms with Gasteiger partial charge in [0.25, 0.3) is 0 Å². The Bertz CT molecular complexity index is 1410. The zero-order valence-electron chi connectivity index (χ0n) is 18.6. The number of carboxylic acid groups (broad SMARTS) is 1. The van der Waals surface area contributed by atoms with Gasteiger partial charge in [-0.05, 0) is 42.5 Å². The highest BCUT2D eigenvalue weighted by molar-refractivity contribution is 5.93. The Hall–Kier alpha value is -4.15. The van der Waals surface area contributed by atoms with Crippen molar-refractivity contribution < 1.29 is 24.3 Å². The Morgan fingerprint density at radius 1 is 1.18 bits per heavy atom. The molecule has 1 aliphatic carbocycles. The van der Waals surface area contributed by atoms with E-state index in [1.807, 2.05) is 12.1 Å². The lowest BCUT2D eigenvalue weighted by molar-refractivity contribution is -0.384. The maximum absolute atomic E-state index is 12.8. The average Bonchev–Trinajstić information content (AvgIpc) is 3.67. The number of rotatable bonds is 6. The van der Waals surface area contributed by atoms with Gasteiger partial charge in [-0.1, -0.05) is 0 Å². The molecule has 0 spiro atoms. The average molecular weight is 466 g/mol. The van der Waals surface area contributed by atoms with Crippen molar-refractivity contribution in [2.45, 2.75) is 31.8 Å². The monoisotopic (exact) mass is 466 g/mol. The van der Waals surface area contributed by atoms with E-state index in [0.717, 1.165) is 30.0 Å². The molecule has 3 aromatic rings. The lowest BCUT2D eigenvalue weighted by Gasteiger charge is -2.30. The lowest BCUT2D eigenvalue weighted by atomic mass is 9.98. The number of benzene rings is 1. The highest BCUT2D eigenvalue weighted by atomic mass is 16.6. The van der Waals surface area contributed by atoms with Gasteiger partial charge in [-0.25, -0.2) is 9.78 Å². The summed E-state index contributed by atoms with van der Waals surface area (Å²) in [5.41, 5.74) is 0.715. The van der Waals surface area contributed by atoms with Gasteiger partial charge in [0.1, 0.15) is 11.2 Å². The van der Waals surface area contributed by atoms with E-state index >= 15 is 0 Å². The molecule has 0 radical (unpaired) electrons. The van der Waals surface area contributed by atoms with Gasteiger partial charge in [0.2, 0.25) is 11.2 Å². The Kier molecular flexibility index (Phi) is 5.11. The first-order chi connectivity index (χ1) is 16.3. The van der Waals surface area contributed by atoms with Gasteiger partial charge in [-0.2, -0.15) is 0 Å². The summed E-state index contributed by atoms with van der Waals surface area (Å²) in [5.74, 6) is -0.0418. The minimum absolute atomic E-state index is 0.0156. The number of anilines is 1. The molecule has 0 saturated heterocycles. The number of pyridine rings is 2. The molecule has 34 heavy (non-hydrogen) atoms. The van der Waals surface area contributed by atoms with E-state index < -0.39 is 21.9 Å². The molecule has 1 aromatic carbocycles. The molecule has 11 nitrogen and oxygen atoms in total. The second-order valence-corrected chi connectivity index (χ2v) is 8.42. The van der Waals surface area contributed by atoms with Crippen molar-refractivity contribution in [2.24, 2.45) is 0 Å². The molecule has 0 atom stereocenters. The molecular formula is C23H22N4O7. The van der Waals surface area contributed by atoms with Crippen LogP contribution < -0.4 is 19.8 Å². The van der Waals surface area contributed by atoms with Crippen LogP contribution in [0.15, 0.2) is 29.2 Å². The fourth-order valence-electron chi connectivity index (χ4n) is 4.47. The number of fused-ring (bicyclic) bond motifs is 2. The zero-order chi connectivity index (χ0) is 24.1. The Labute approximate surface area is 193 Å². The van der Waals surface area contributed by atoms with E-state index in [1.54, 1.807) is 23.7 Å². The molecule has 2 aliphatic rings. The molecular weight excluding hydrogens is 444 g/mol. The van der Waals surface area contributed by atoms with Crippen molar-refractivity contribution in [3.05, 3.63) is 61.4 Å². The predicted octanol–water partition coefficient (Wildman–Crippen LogP) is 2.92. The quantitative estimate of drug-likeness (QED) is 0.429. The molecule has 0 amide bonds. The summed E-state index contributed by atoms with van der Waals surface area (Å²) in [6, 6.07) is 4.94. The third-order valence-electron chi connectivity index (χ3n) is 6.35. The number of aromatic nitrogens is 2. The van der Waals surface area contributed by atoms with E-state index in [9.17, 15) is 24.8 Å². The molecule has 3 heterocycles. The van der Waals surface area contributed by atoms with Crippen LogP contribution in [0.25, 0.3) is 11.0 Å². The molecule has 5 rings (SSSR count). The molecule has 176 valence electrons. The molecule has 1 aliphatic heterocycles. The van der Waals surface area contributed by atoms with Gasteiger partial charge in [-0.3, -0.25) is 14.9 Å². The van der Waals surface area contributed by atoms with Gasteiger partial charge in [0, 0.05) is 31.4 Å². The Morgan fingerprint density at radius 3 is 2.44 bits per heavy atom. The summed E-state index contributed by atoms with van der Waals surface area (Å²) < 4.78 is 12.4. The highest BCUT2D eigenvalue weighted by Gasteiger charge is 2.32. The first-order valence-electron chi connectivity index (χ1n) is 10.8. The number of carboxylic acids is 1. The summed E-state index contributed by atoms with van der Waals surface area (Å²) in [6.07, 6.45) is 3.56. The number of aromatic carboxylic acids is 1. The fourth-order valence-corrected chi connectivity index (χ4v) is 4.47. The zero-order valence-corrected chi connectivity index (χ0v) is 18.6. The third-order valence-corrected chi connectivity index (χ3v) is 6.35. The third kappa shape index (κ3) is 3.49. The lowest BCUT2D eigenvalue weighted by Crippen LogP contribution is -2.32. The first kappa shape index (κ1) is 21.7. The molecule has 1 fully saturated rings. The van der Waals surface area contributed by atoms with Crippen LogP contribution in [0.4, 0.5) is 11.5 Å². The number of methoxy groups -OCH3 is 2. The molecule has 1 N–H and O–H groups in total. The van der Waals surface area contributed by atoms with Crippen LogP contribution in [0.1, 0.15) is 40.4 Å². The maximum Gasteiger partial charge on any atom is 0.341 e. The maximum atomic E-state index is 12.8. The van der Waals surface area contributed by atoms with E-state index in [2.05, 4.69) is 4.98 Å². The number of carbonyl (C=O) groups is 1. The molecule has 0 unspecified atom stereocenters. The van der Waals surface area contributed by atoms with Gasteiger partial charge in [0.15, 0.2) is 11.5 Å². The van der Waals surface area contributed by atoms with Crippen LogP contribution in [0.2, 0.25) is 0 Å². The number of nitro groups is 1. The minimum atomic E-state index is -1.37. The van der Waals surface area contributed by atoms with Gasteiger partial charge in [0.05, 0.1) is 24.5 Å². The summed E-state index contributed by atoms with van der Waals surface area (Å²) >= 11 is 0. The fraction of sp³-hybridized carbons (Fsp3) is 0.348. The minimum Gasteiger partial charge on any atom is -0.493 e. The highest BCUT2D eigenvalue weighted by Crippen LogP contribution is 2.40. The summed E-state index contributed by atoms with van der Waals surface area (Å²) in [6.45, 7) is 0.832. The van der Waals surface area contributed by atoms with Gasteiger partial charge in [-0.15, -0.1) is 0 Å². The van der Waals surface area contributed by atoms with Crippen LogP contribution in [0.3, 0.4) is 0 Å². The van der Waals surface area contributed by atoms with Crippen LogP contribution in [-0.2, 0) is 13.0 Å². The molecule has 0 bridgehead atoms. The summed E-state index contributed by atoms with van der Waals surface area (Å²) in [5, 5.41) is 21.4. The number of nitrogens with zero attached hydrogens (tertiary/aromatic N) is 4. The number of hydrogen-bond donors (Lipinski definition) is 1. The SMILES string of the molecule is COc1cc2c(cc1OC)CN(c1nc3c(cc1[N+](=O)[O-])c(=O)c(C(=O)O)cn3C1CC1)CC2. The smallest absolute Gasteiger partial charge is 0.341 e. The molecule has 1 saturated carbocycles. The van der Waals surface area contributed by atoms with Crippen molar-refractivity contribution in [1.29, 1.82) is 0 Å². The predicted molar refractivity (Wildman–Crippen MR) is 122 cm³/mol.